The third-order valence-corrected chi connectivity index (χ3v) is 4.73. The Labute approximate surface area is 145 Å². The predicted molar refractivity (Wildman–Crippen MR) is 92.2 cm³/mol. The van der Waals surface area contributed by atoms with Gasteiger partial charge in [-0.3, -0.25) is 19.7 Å². The predicted octanol–water partition coefficient (Wildman–Crippen LogP) is 2.32. The topological polar surface area (TPSA) is 88.4 Å². The van der Waals surface area contributed by atoms with E-state index in [9.17, 15) is 14.4 Å². The van der Waals surface area contributed by atoms with Crippen LogP contribution in [0.4, 0.5) is 0 Å². The third kappa shape index (κ3) is 2.45. The Hall–Kier alpha value is -2.71. The minimum Gasteiger partial charge on any atom is -0.457 e. The van der Waals surface area contributed by atoms with Crippen molar-refractivity contribution < 1.29 is 18.8 Å². The van der Waals surface area contributed by atoms with Crippen LogP contribution in [0.25, 0.3) is 17.4 Å². The van der Waals surface area contributed by atoms with Crippen molar-refractivity contribution in [1.29, 1.82) is 0 Å². The summed E-state index contributed by atoms with van der Waals surface area (Å²) in [5, 5.41) is 4.78. The van der Waals surface area contributed by atoms with Crippen molar-refractivity contribution in [3.8, 4) is 11.3 Å². The Bertz CT molecular complexity index is 974. The van der Waals surface area contributed by atoms with Crippen LogP contribution in [0, 0.1) is 0 Å². The molecule has 3 heterocycles. The van der Waals surface area contributed by atoms with Crippen LogP contribution in [-0.4, -0.2) is 22.0 Å². The average Bonchev–Trinajstić information content (AvgIpc) is 3.20. The van der Waals surface area contributed by atoms with Crippen molar-refractivity contribution in [2.75, 3.05) is 0 Å². The van der Waals surface area contributed by atoms with Gasteiger partial charge in [0.15, 0.2) is 0 Å². The van der Waals surface area contributed by atoms with E-state index >= 15 is 0 Å². The quantitative estimate of drug-likeness (QED) is 0.488. The van der Waals surface area contributed by atoms with Crippen LogP contribution in [0.3, 0.4) is 0 Å². The first-order chi connectivity index (χ1) is 11.5. The Morgan fingerprint density at radius 2 is 1.75 bits per heavy atom. The van der Waals surface area contributed by atoms with Gasteiger partial charge in [-0.05, 0) is 24.3 Å². The zero-order valence-electron chi connectivity index (χ0n) is 11.9. The SMILES string of the molecule is O=C1NC(=S)S/C1=C\c1ccc(-c2ccc3c(c2)C(=O)NC3=O)o1. The van der Waals surface area contributed by atoms with E-state index in [1.54, 1.807) is 36.4 Å². The number of carbonyl (C=O) groups excluding carboxylic acids is 3. The number of carbonyl (C=O) groups is 3. The molecule has 6 nitrogen and oxygen atoms in total. The molecule has 0 radical (unpaired) electrons. The van der Waals surface area contributed by atoms with Crippen LogP contribution < -0.4 is 10.6 Å². The van der Waals surface area contributed by atoms with E-state index in [1.807, 2.05) is 0 Å². The number of hydrogen-bond donors (Lipinski definition) is 2. The Morgan fingerprint density at radius 3 is 2.50 bits per heavy atom. The molecule has 2 aliphatic heterocycles. The molecular weight excluding hydrogens is 348 g/mol. The largest absolute Gasteiger partial charge is 0.457 e. The summed E-state index contributed by atoms with van der Waals surface area (Å²) in [6, 6.07) is 8.36. The lowest BCUT2D eigenvalue weighted by atomic mass is 10.0. The molecule has 1 aromatic heterocycles. The molecule has 24 heavy (non-hydrogen) atoms. The van der Waals surface area contributed by atoms with Crippen LogP contribution in [0.15, 0.2) is 39.7 Å². The summed E-state index contributed by atoms with van der Waals surface area (Å²) >= 11 is 6.10. The second-order valence-corrected chi connectivity index (χ2v) is 6.82. The highest BCUT2D eigenvalue weighted by Crippen LogP contribution is 2.30. The second-order valence-electron chi connectivity index (χ2n) is 5.10. The number of thioether (sulfide) groups is 1. The number of benzene rings is 1. The molecule has 8 heteroatoms. The van der Waals surface area contributed by atoms with Gasteiger partial charge < -0.3 is 9.73 Å². The first-order valence-corrected chi connectivity index (χ1v) is 8.08. The van der Waals surface area contributed by atoms with E-state index in [4.69, 9.17) is 16.6 Å². The van der Waals surface area contributed by atoms with E-state index in [1.165, 1.54) is 11.8 Å². The molecule has 2 aliphatic rings. The van der Waals surface area contributed by atoms with Gasteiger partial charge in [-0.25, -0.2) is 0 Å². The molecule has 2 aromatic rings. The van der Waals surface area contributed by atoms with Crippen LogP contribution in [0.2, 0.25) is 0 Å². The number of nitrogens with one attached hydrogen (secondary N) is 2. The van der Waals surface area contributed by atoms with Crippen molar-refractivity contribution in [3.63, 3.8) is 0 Å². The van der Waals surface area contributed by atoms with Gasteiger partial charge in [0.05, 0.1) is 16.0 Å². The maximum atomic E-state index is 11.7. The Kier molecular flexibility index (Phi) is 3.36. The van der Waals surface area contributed by atoms with Crippen LogP contribution in [0.1, 0.15) is 26.5 Å². The van der Waals surface area contributed by atoms with Gasteiger partial charge >= 0.3 is 0 Å². The van der Waals surface area contributed by atoms with E-state index in [0.717, 1.165) is 0 Å². The summed E-state index contributed by atoms with van der Waals surface area (Å²) in [4.78, 5) is 35.4. The number of hydrogen-bond acceptors (Lipinski definition) is 6. The number of furan rings is 1. The van der Waals surface area contributed by atoms with Crippen molar-refractivity contribution in [1.82, 2.24) is 10.6 Å². The molecular formula is C16H8N2O4S2. The highest BCUT2D eigenvalue weighted by atomic mass is 32.2. The van der Waals surface area contributed by atoms with Gasteiger partial charge in [-0.1, -0.05) is 30.0 Å². The summed E-state index contributed by atoms with van der Waals surface area (Å²) in [6.45, 7) is 0. The lowest BCUT2D eigenvalue weighted by Crippen LogP contribution is -2.19. The molecule has 0 saturated carbocycles. The normalized spacial score (nSPS) is 18.1. The van der Waals surface area contributed by atoms with Crippen molar-refractivity contribution in [3.05, 3.63) is 52.1 Å². The van der Waals surface area contributed by atoms with Gasteiger partial charge in [-0.15, -0.1) is 0 Å². The van der Waals surface area contributed by atoms with E-state index < -0.39 is 11.8 Å². The van der Waals surface area contributed by atoms with Crippen molar-refractivity contribution >= 4 is 52.1 Å². The highest BCUT2D eigenvalue weighted by Gasteiger charge is 2.27. The summed E-state index contributed by atoms with van der Waals surface area (Å²) in [6.07, 6.45) is 1.60. The summed E-state index contributed by atoms with van der Waals surface area (Å²) in [7, 11) is 0. The minimum atomic E-state index is -0.418. The molecule has 0 aliphatic carbocycles. The van der Waals surface area contributed by atoms with Crippen molar-refractivity contribution in [2.45, 2.75) is 0 Å². The molecule has 1 fully saturated rings. The summed E-state index contributed by atoms with van der Waals surface area (Å²) in [5.41, 5.74) is 1.34. The molecule has 0 bridgehead atoms. The summed E-state index contributed by atoms with van der Waals surface area (Å²) in [5.74, 6) is -0.0447. The maximum Gasteiger partial charge on any atom is 0.263 e. The van der Waals surface area contributed by atoms with Gasteiger partial charge in [0, 0.05) is 11.6 Å². The lowest BCUT2D eigenvalue weighted by molar-refractivity contribution is -0.115. The zero-order valence-corrected chi connectivity index (χ0v) is 13.5. The minimum absolute atomic E-state index is 0.254. The fourth-order valence-electron chi connectivity index (χ4n) is 2.46. The second kappa shape index (κ2) is 5.43. The number of amides is 3. The molecule has 0 atom stereocenters. The standard InChI is InChI=1S/C16H8N2O4S2/c19-13-9-3-1-7(5-10(9)14(20)17-13)11-4-2-8(22-11)6-12-15(21)18-16(23)24-12/h1-6H,(H,17,19,20)(H,18,21,23)/b12-6-. The van der Waals surface area contributed by atoms with Gasteiger partial charge in [0.2, 0.25) is 0 Å². The molecule has 0 unspecified atom stereocenters. The van der Waals surface area contributed by atoms with E-state index in [0.29, 0.717) is 37.4 Å². The van der Waals surface area contributed by atoms with E-state index in [2.05, 4.69) is 10.6 Å². The average molecular weight is 356 g/mol. The van der Waals surface area contributed by atoms with E-state index in [-0.39, 0.29) is 5.91 Å². The first-order valence-electron chi connectivity index (χ1n) is 6.86. The van der Waals surface area contributed by atoms with Crippen molar-refractivity contribution in [2.24, 2.45) is 0 Å². The molecule has 1 aromatic carbocycles. The molecule has 3 amide bonds. The first kappa shape index (κ1) is 14.9. The maximum absolute atomic E-state index is 11.7. The molecule has 4 rings (SSSR count). The molecule has 2 N–H and O–H groups in total. The lowest BCUT2D eigenvalue weighted by Gasteiger charge is -1.99. The smallest absolute Gasteiger partial charge is 0.263 e. The van der Waals surface area contributed by atoms with Gasteiger partial charge in [0.25, 0.3) is 17.7 Å². The van der Waals surface area contributed by atoms with Gasteiger partial charge in [0.1, 0.15) is 15.8 Å². The number of imide groups is 1. The number of rotatable bonds is 2. The molecule has 0 spiro atoms. The van der Waals surface area contributed by atoms with Crippen LogP contribution in [-0.2, 0) is 4.79 Å². The van der Waals surface area contributed by atoms with Gasteiger partial charge in [-0.2, -0.15) is 0 Å². The number of fused-ring (bicyclic) bond motifs is 1. The van der Waals surface area contributed by atoms with Crippen LogP contribution in [0.5, 0.6) is 0 Å². The molecule has 118 valence electrons. The zero-order chi connectivity index (χ0) is 16.8. The van der Waals surface area contributed by atoms with Crippen LogP contribution >= 0.6 is 24.0 Å². The summed E-state index contributed by atoms with van der Waals surface area (Å²) < 4.78 is 6.12. The Balaban J connectivity index is 1.67. The third-order valence-electron chi connectivity index (χ3n) is 3.56. The monoisotopic (exact) mass is 356 g/mol. The fourth-order valence-corrected chi connectivity index (χ4v) is 3.48. The highest BCUT2D eigenvalue weighted by molar-refractivity contribution is 8.26. The Morgan fingerprint density at radius 1 is 0.958 bits per heavy atom. The number of thiocarbonyl (C=S) groups is 1. The fraction of sp³-hybridized carbons (Fsp3) is 0. The molecule has 1 saturated heterocycles.